The van der Waals surface area contributed by atoms with Crippen molar-refractivity contribution >= 4 is 17.0 Å². The summed E-state index contributed by atoms with van der Waals surface area (Å²) in [5.41, 5.74) is 4.67. The molecular weight excluding hydrogens is 342 g/mol. The minimum atomic E-state index is -0.816. The first-order valence-corrected chi connectivity index (χ1v) is 8.88. The fraction of sp³-hybridized carbons (Fsp3) is 0.381. The van der Waals surface area contributed by atoms with Crippen molar-refractivity contribution < 1.29 is 14.6 Å². The van der Waals surface area contributed by atoms with Gasteiger partial charge < -0.3 is 9.84 Å². The van der Waals surface area contributed by atoms with E-state index in [4.69, 9.17) is 4.74 Å². The van der Waals surface area contributed by atoms with Crippen molar-refractivity contribution in [1.82, 2.24) is 15.0 Å². The highest BCUT2D eigenvalue weighted by atomic mass is 16.5. The lowest BCUT2D eigenvalue weighted by atomic mass is 9.70. The first kappa shape index (κ1) is 19.0. The molecule has 1 N–H and O–H groups in total. The maximum absolute atomic E-state index is 12.7. The van der Waals surface area contributed by atoms with E-state index in [-0.39, 0.29) is 18.5 Å². The molecule has 1 atom stereocenters. The largest absolute Gasteiger partial charge is 0.469 e. The van der Waals surface area contributed by atoms with Crippen LogP contribution >= 0.6 is 0 Å². The van der Waals surface area contributed by atoms with Crippen LogP contribution in [0, 0.1) is 12.3 Å². The summed E-state index contributed by atoms with van der Waals surface area (Å²) in [5.74, 6) is -0.552. The van der Waals surface area contributed by atoms with Gasteiger partial charge in [-0.3, -0.25) is 4.79 Å². The summed E-state index contributed by atoms with van der Waals surface area (Å²) >= 11 is 0. The monoisotopic (exact) mass is 367 g/mol. The molecule has 1 aromatic heterocycles. The quantitative estimate of drug-likeness (QED) is 0.701. The number of aliphatic hydroxyl groups is 1. The minimum absolute atomic E-state index is 0.0542. The summed E-state index contributed by atoms with van der Waals surface area (Å²) in [5, 5.41) is 18.0. The Hall–Kier alpha value is -2.73. The van der Waals surface area contributed by atoms with E-state index in [1.165, 1.54) is 7.11 Å². The van der Waals surface area contributed by atoms with Gasteiger partial charge in [0.1, 0.15) is 5.52 Å². The second-order valence-electron chi connectivity index (χ2n) is 7.41. The van der Waals surface area contributed by atoms with Crippen LogP contribution in [0.15, 0.2) is 36.4 Å². The number of aliphatic hydroxyl groups excluding tert-OH is 1. The minimum Gasteiger partial charge on any atom is -0.469 e. The van der Waals surface area contributed by atoms with E-state index in [1.807, 2.05) is 64.2 Å². The molecule has 27 heavy (non-hydrogen) atoms. The number of hydrogen-bond acceptors (Lipinski definition) is 5. The fourth-order valence-corrected chi connectivity index (χ4v) is 3.80. The Labute approximate surface area is 158 Å². The van der Waals surface area contributed by atoms with Crippen LogP contribution in [-0.4, -0.2) is 33.2 Å². The molecule has 0 aliphatic heterocycles. The average Bonchev–Trinajstić information content (AvgIpc) is 3.04. The van der Waals surface area contributed by atoms with Crippen LogP contribution in [0.2, 0.25) is 0 Å². The van der Waals surface area contributed by atoms with Gasteiger partial charge in [0.05, 0.1) is 24.6 Å². The van der Waals surface area contributed by atoms with Gasteiger partial charge in [-0.15, -0.1) is 5.10 Å². The van der Waals surface area contributed by atoms with E-state index in [9.17, 15) is 9.90 Å². The van der Waals surface area contributed by atoms with Crippen LogP contribution in [-0.2, 0) is 23.2 Å². The number of nitrogens with zero attached hydrogens (tertiary/aromatic N) is 3. The molecule has 1 heterocycles. The van der Waals surface area contributed by atoms with Gasteiger partial charge in [0.15, 0.2) is 0 Å². The molecule has 0 aliphatic carbocycles. The molecule has 0 aliphatic rings. The van der Waals surface area contributed by atoms with E-state index < -0.39 is 5.41 Å². The summed E-state index contributed by atoms with van der Waals surface area (Å²) in [7, 11) is 3.26. The third kappa shape index (κ3) is 3.21. The van der Waals surface area contributed by atoms with Gasteiger partial charge in [0.25, 0.3) is 0 Å². The first-order chi connectivity index (χ1) is 12.8. The van der Waals surface area contributed by atoms with Gasteiger partial charge in [-0.05, 0) is 49.1 Å². The van der Waals surface area contributed by atoms with Crippen molar-refractivity contribution in [3.63, 3.8) is 0 Å². The van der Waals surface area contributed by atoms with Crippen LogP contribution in [0.25, 0.3) is 11.0 Å². The van der Waals surface area contributed by atoms with Gasteiger partial charge in [-0.25, -0.2) is 4.68 Å². The third-order valence-corrected chi connectivity index (χ3v) is 5.29. The maximum Gasteiger partial charge on any atom is 0.312 e. The maximum atomic E-state index is 12.7. The second-order valence-corrected chi connectivity index (χ2v) is 7.41. The zero-order chi connectivity index (χ0) is 19.8. The van der Waals surface area contributed by atoms with E-state index in [0.29, 0.717) is 0 Å². The lowest BCUT2D eigenvalue weighted by molar-refractivity contribution is -0.151. The Morgan fingerprint density at radius 2 is 2.04 bits per heavy atom. The summed E-state index contributed by atoms with van der Waals surface area (Å²) < 4.78 is 6.84. The Morgan fingerprint density at radius 1 is 1.30 bits per heavy atom. The van der Waals surface area contributed by atoms with Crippen molar-refractivity contribution in [2.24, 2.45) is 12.5 Å². The zero-order valence-electron chi connectivity index (χ0n) is 16.4. The predicted molar refractivity (Wildman–Crippen MR) is 103 cm³/mol. The van der Waals surface area contributed by atoms with Crippen LogP contribution in [0.4, 0.5) is 0 Å². The number of benzene rings is 2. The average molecular weight is 367 g/mol. The number of carbonyl (C=O) groups excluding carboxylic acids is 1. The third-order valence-electron chi connectivity index (χ3n) is 5.29. The number of ether oxygens (including phenoxy) is 1. The molecule has 0 amide bonds. The standard InChI is InChI=1S/C21H25N3O3/c1-13-16(9-10-17-19(13)22-23-24(17)4)18(21(2,3)20(26)27-5)15-8-6-7-14(11-15)12-25/h6-11,18,25H,12H2,1-5H3. The van der Waals surface area contributed by atoms with E-state index in [2.05, 4.69) is 10.3 Å². The molecular formula is C21H25N3O3. The number of esters is 1. The topological polar surface area (TPSA) is 77.2 Å². The Kier molecular flexibility index (Phi) is 5.02. The highest BCUT2D eigenvalue weighted by molar-refractivity contribution is 5.82. The van der Waals surface area contributed by atoms with Crippen molar-refractivity contribution in [2.75, 3.05) is 7.11 Å². The zero-order valence-corrected chi connectivity index (χ0v) is 16.4. The molecule has 0 radical (unpaired) electrons. The Morgan fingerprint density at radius 3 is 2.70 bits per heavy atom. The van der Waals surface area contributed by atoms with Crippen LogP contribution in [0.3, 0.4) is 0 Å². The van der Waals surface area contributed by atoms with Crippen LogP contribution < -0.4 is 0 Å². The van der Waals surface area contributed by atoms with Gasteiger partial charge in [-0.2, -0.15) is 0 Å². The van der Waals surface area contributed by atoms with Crippen molar-refractivity contribution in [3.8, 4) is 0 Å². The number of aryl methyl sites for hydroxylation is 2. The van der Waals surface area contributed by atoms with Crippen molar-refractivity contribution in [3.05, 3.63) is 58.7 Å². The molecule has 6 heteroatoms. The van der Waals surface area contributed by atoms with Crippen LogP contribution in [0.5, 0.6) is 0 Å². The van der Waals surface area contributed by atoms with Gasteiger partial charge >= 0.3 is 5.97 Å². The molecule has 0 saturated heterocycles. The smallest absolute Gasteiger partial charge is 0.312 e. The SMILES string of the molecule is COC(=O)C(C)(C)C(c1cccc(CO)c1)c1ccc2c(nnn2C)c1C. The lowest BCUT2D eigenvalue weighted by Crippen LogP contribution is -2.33. The number of fused-ring (bicyclic) bond motifs is 1. The number of methoxy groups -OCH3 is 1. The van der Waals surface area contributed by atoms with Crippen molar-refractivity contribution in [1.29, 1.82) is 0 Å². The van der Waals surface area contributed by atoms with Crippen molar-refractivity contribution in [2.45, 2.75) is 33.3 Å². The Bertz CT molecular complexity index is 992. The van der Waals surface area contributed by atoms with Gasteiger partial charge in [0, 0.05) is 13.0 Å². The molecule has 0 saturated carbocycles. The van der Waals surface area contributed by atoms with E-state index in [1.54, 1.807) is 4.68 Å². The molecule has 3 aromatic rings. The number of rotatable bonds is 5. The fourth-order valence-electron chi connectivity index (χ4n) is 3.80. The predicted octanol–water partition coefficient (Wildman–Crippen LogP) is 3.10. The van der Waals surface area contributed by atoms with E-state index in [0.717, 1.165) is 33.3 Å². The molecule has 6 nitrogen and oxygen atoms in total. The summed E-state index contributed by atoms with van der Waals surface area (Å²) in [4.78, 5) is 12.7. The molecule has 3 rings (SSSR count). The molecule has 142 valence electrons. The summed E-state index contributed by atoms with van der Waals surface area (Å²) in [6.45, 7) is 5.72. The molecule has 1 unspecified atom stereocenters. The highest BCUT2D eigenvalue weighted by Gasteiger charge is 2.41. The lowest BCUT2D eigenvalue weighted by Gasteiger charge is -2.34. The molecule has 0 spiro atoms. The highest BCUT2D eigenvalue weighted by Crippen LogP contribution is 2.44. The molecule has 0 fully saturated rings. The summed E-state index contributed by atoms with van der Waals surface area (Å²) in [6, 6.07) is 11.7. The normalized spacial score (nSPS) is 13.0. The van der Waals surface area contributed by atoms with Gasteiger partial charge in [0.2, 0.25) is 0 Å². The van der Waals surface area contributed by atoms with Gasteiger partial charge in [-0.1, -0.05) is 35.5 Å². The summed E-state index contributed by atoms with van der Waals surface area (Å²) in [6.07, 6.45) is 0. The number of hydrogen-bond donors (Lipinski definition) is 1. The number of aromatic nitrogens is 3. The van der Waals surface area contributed by atoms with E-state index >= 15 is 0 Å². The molecule has 0 bridgehead atoms. The van der Waals surface area contributed by atoms with Crippen LogP contribution in [0.1, 0.15) is 42.0 Å². The second kappa shape index (κ2) is 7.12. The first-order valence-electron chi connectivity index (χ1n) is 8.88. The number of carbonyl (C=O) groups is 1. The molecule has 2 aromatic carbocycles. The Balaban J connectivity index is 2.27.